The highest BCUT2D eigenvalue weighted by molar-refractivity contribution is 5.93. The van der Waals surface area contributed by atoms with Crippen LogP contribution in [-0.2, 0) is 11.3 Å². The second-order valence-corrected chi connectivity index (χ2v) is 5.73. The smallest absolute Gasteiger partial charge is 0.251 e. The number of methoxy groups -OCH3 is 1. The number of hydrogen-bond acceptors (Lipinski definition) is 3. The molecule has 1 rings (SSSR count). The summed E-state index contributed by atoms with van der Waals surface area (Å²) in [4.78, 5) is 11.4. The summed E-state index contributed by atoms with van der Waals surface area (Å²) < 4.78 is 5.43. The van der Waals surface area contributed by atoms with Crippen LogP contribution >= 0.6 is 0 Å². The highest BCUT2D eigenvalue weighted by Crippen LogP contribution is 2.15. The highest BCUT2D eigenvalue weighted by atomic mass is 16.5. The second kappa shape index (κ2) is 7.41. The van der Waals surface area contributed by atoms with Crippen molar-refractivity contribution in [3.05, 3.63) is 35.4 Å². The summed E-state index contributed by atoms with van der Waals surface area (Å²) in [6.45, 7) is 7.11. The molecule has 4 heteroatoms. The van der Waals surface area contributed by atoms with Gasteiger partial charge in [-0.05, 0) is 44.9 Å². The standard InChI is InChI=1S/C16H26N2O2/c1-12(10-16(2,3)20-5)18-11-13-6-8-14(9-7-13)15(19)17-4/h6-9,12,18H,10-11H2,1-5H3,(H,17,19). The summed E-state index contributed by atoms with van der Waals surface area (Å²) >= 11 is 0. The average molecular weight is 278 g/mol. The van der Waals surface area contributed by atoms with E-state index in [4.69, 9.17) is 4.74 Å². The fraction of sp³-hybridized carbons (Fsp3) is 0.562. The normalized spacial score (nSPS) is 13.1. The van der Waals surface area contributed by atoms with Crippen LogP contribution in [0, 0.1) is 0 Å². The molecule has 1 aromatic rings. The van der Waals surface area contributed by atoms with Crippen LogP contribution < -0.4 is 10.6 Å². The van der Waals surface area contributed by atoms with Crippen molar-refractivity contribution in [3.63, 3.8) is 0 Å². The van der Waals surface area contributed by atoms with E-state index in [2.05, 4.69) is 31.4 Å². The van der Waals surface area contributed by atoms with Crippen LogP contribution in [0.4, 0.5) is 0 Å². The molecule has 1 aromatic carbocycles. The number of carbonyl (C=O) groups is 1. The largest absolute Gasteiger partial charge is 0.379 e. The predicted octanol–water partition coefficient (Wildman–Crippen LogP) is 2.34. The zero-order chi connectivity index (χ0) is 15.2. The van der Waals surface area contributed by atoms with Crippen molar-refractivity contribution in [1.82, 2.24) is 10.6 Å². The third-order valence-electron chi connectivity index (χ3n) is 3.45. The van der Waals surface area contributed by atoms with Gasteiger partial charge in [0.05, 0.1) is 5.60 Å². The van der Waals surface area contributed by atoms with E-state index in [-0.39, 0.29) is 11.5 Å². The molecule has 0 aliphatic heterocycles. The Hall–Kier alpha value is -1.39. The van der Waals surface area contributed by atoms with Gasteiger partial charge in [0.2, 0.25) is 0 Å². The lowest BCUT2D eigenvalue weighted by atomic mass is 9.99. The molecule has 0 radical (unpaired) electrons. The minimum absolute atomic E-state index is 0.0558. The van der Waals surface area contributed by atoms with Crippen LogP contribution in [0.15, 0.2) is 24.3 Å². The molecule has 0 aromatic heterocycles. The Balaban J connectivity index is 2.48. The lowest BCUT2D eigenvalue weighted by Crippen LogP contribution is -2.35. The topological polar surface area (TPSA) is 50.4 Å². The van der Waals surface area contributed by atoms with Gasteiger partial charge in [-0.3, -0.25) is 4.79 Å². The summed E-state index contributed by atoms with van der Waals surface area (Å²) in [5, 5.41) is 6.09. The average Bonchev–Trinajstić information content (AvgIpc) is 2.44. The first-order valence-electron chi connectivity index (χ1n) is 6.97. The molecular formula is C16H26N2O2. The second-order valence-electron chi connectivity index (χ2n) is 5.73. The minimum atomic E-state index is -0.116. The summed E-state index contributed by atoms with van der Waals surface area (Å²) in [6, 6.07) is 8.01. The monoisotopic (exact) mass is 278 g/mol. The number of hydrogen-bond donors (Lipinski definition) is 2. The first-order valence-corrected chi connectivity index (χ1v) is 6.97. The molecule has 0 bridgehead atoms. The molecule has 0 aliphatic rings. The zero-order valence-corrected chi connectivity index (χ0v) is 13.1. The number of rotatable bonds is 7. The van der Waals surface area contributed by atoms with Crippen molar-refractivity contribution in [1.29, 1.82) is 0 Å². The fourth-order valence-corrected chi connectivity index (χ4v) is 2.10. The van der Waals surface area contributed by atoms with Crippen molar-refractivity contribution >= 4 is 5.91 Å². The number of carbonyl (C=O) groups excluding carboxylic acids is 1. The van der Waals surface area contributed by atoms with Gasteiger partial charge in [-0.15, -0.1) is 0 Å². The molecule has 0 spiro atoms. The number of nitrogens with one attached hydrogen (secondary N) is 2. The van der Waals surface area contributed by atoms with Gasteiger partial charge in [-0.1, -0.05) is 12.1 Å². The third-order valence-corrected chi connectivity index (χ3v) is 3.45. The van der Waals surface area contributed by atoms with E-state index >= 15 is 0 Å². The maximum Gasteiger partial charge on any atom is 0.251 e. The summed E-state index contributed by atoms with van der Waals surface area (Å²) in [6.07, 6.45) is 0.944. The van der Waals surface area contributed by atoms with E-state index < -0.39 is 0 Å². The SMILES string of the molecule is CNC(=O)c1ccc(CNC(C)CC(C)(C)OC)cc1. The first kappa shape index (κ1) is 16.7. The number of benzene rings is 1. The Morgan fingerprint density at radius 1 is 1.30 bits per heavy atom. The van der Waals surface area contributed by atoms with E-state index in [1.165, 1.54) is 5.56 Å². The fourth-order valence-electron chi connectivity index (χ4n) is 2.10. The van der Waals surface area contributed by atoms with E-state index in [1.54, 1.807) is 14.2 Å². The Kier molecular flexibility index (Phi) is 6.17. The Morgan fingerprint density at radius 3 is 2.40 bits per heavy atom. The van der Waals surface area contributed by atoms with Gasteiger partial charge in [0.15, 0.2) is 0 Å². The molecule has 0 fully saturated rings. The minimum Gasteiger partial charge on any atom is -0.379 e. The molecule has 0 heterocycles. The van der Waals surface area contributed by atoms with Crippen LogP contribution in [0.3, 0.4) is 0 Å². The zero-order valence-electron chi connectivity index (χ0n) is 13.1. The number of ether oxygens (including phenoxy) is 1. The van der Waals surface area contributed by atoms with Gasteiger partial charge < -0.3 is 15.4 Å². The van der Waals surface area contributed by atoms with Crippen molar-refractivity contribution in [3.8, 4) is 0 Å². The van der Waals surface area contributed by atoms with E-state index in [0.717, 1.165) is 13.0 Å². The van der Waals surface area contributed by atoms with Crippen LogP contribution in [0.2, 0.25) is 0 Å². The Morgan fingerprint density at radius 2 is 1.90 bits per heavy atom. The van der Waals surface area contributed by atoms with Crippen molar-refractivity contribution < 1.29 is 9.53 Å². The van der Waals surface area contributed by atoms with E-state index in [0.29, 0.717) is 11.6 Å². The highest BCUT2D eigenvalue weighted by Gasteiger charge is 2.19. The molecule has 1 amide bonds. The first-order chi connectivity index (χ1) is 9.38. The van der Waals surface area contributed by atoms with Gasteiger partial charge in [-0.25, -0.2) is 0 Å². The lowest BCUT2D eigenvalue weighted by Gasteiger charge is -2.27. The van der Waals surface area contributed by atoms with Crippen LogP contribution in [0.1, 0.15) is 43.1 Å². The molecule has 4 nitrogen and oxygen atoms in total. The molecule has 2 N–H and O–H groups in total. The Bertz CT molecular complexity index is 427. The van der Waals surface area contributed by atoms with Gasteiger partial charge in [0.25, 0.3) is 5.91 Å². The van der Waals surface area contributed by atoms with Crippen LogP contribution in [-0.4, -0.2) is 31.7 Å². The molecule has 20 heavy (non-hydrogen) atoms. The van der Waals surface area contributed by atoms with Gasteiger partial charge >= 0.3 is 0 Å². The van der Waals surface area contributed by atoms with Gasteiger partial charge in [-0.2, -0.15) is 0 Å². The van der Waals surface area contributed by atoms with Gasteiger partial charge in [0.1, 0.15) is 0 Å². The lowest BCUT2D eigenvalue weighted by molar-refractivity contribution is 0.00844. The number of amides is 1. The molecule has 112 valence electrons. The summed E-state index contributed by atoms with van der Waals surface area (Å²) in [7, 11) is 3.38. The quantitative estimate of drug-likeness (QED) is 0.805. The Labute approximate surface area is 121 Å². The van der Waals surface area contributed by atoms with Crippen molar-refractivity contribution in [2.24, 2.45) is 0 Å². The third kappa shape index (κ3) is 5.31. The molecule has 0 saturated carbocycles. The van der Waals surface area contributed by atoms with E-state index in [1.807, 2.05) is 24.3 Å². The van der Waals surface area contributed by atoms with Crippen molar-refractivity contribution in [2.75, 3.05) is 14.2 Å². The molecule has 1 atom stereocenters. The van der Waals surface area contributed by atoms with Gasteiger partial charge in [0, 0.05) is 32.3 Å². The molecular weight excluding hydrogens is 252 g/mol. The summed E-state index contributed by atoms with van der Waals surface area (Å²) in [5.41, 5.74) is 1.74. The molecule has 0 aliphatic carbocycles. The van der Waals surface area contributed by atoms with Crippen LogP contribution in [0.25, 0.3) is 0 Å². The maximum atomic E-state index is 11.4. The molecule has 1 unspecified atom stereocenters. The predicted molar refractivity (Wildman–Crippen MR) is 81.8 cm³/mol. The summed E-state index contributed by atoms with van der Waals surface area (Å²) in [5.74, 6) is -0.0558. The van der Waals surface area contributed by atoms with Crippen molar-refractivity contribution in [2.45, 2.75) is 45.4 Å². The maximum absolute atomic E-state index is 11.4. The molecule has 0 saturated heterocycles. The van der Waals surface area contributed by atoms with Crippen LogP contribution in [0.5, 0.6) is 0 Å². The van der Waals surface area contributed by atoms with E-state index in [9.17, 15) is 4.79 Å².